The number of halogens is 2. The molecule has 0 aliphatic rings. The van der Waals surface area contributed by atoms with Gasteiger partial charge in [0, 0.05) is 0 Å². The van der Waals surface area contributed by atoms with Crippen molar-refractivity contribution in [1.82, 2.24) is 4.98 Å². The van der Waals surface area contributed by atoms with Gasteiger partial charge in [-0.05, 0) is 54.3 Å². The van der Waals surface area contributed by atoms with Gasteiger partial charge in [-0.3, -0.25) is 0 Å². The van der Waals surface area contributed by atoms with E-state index >= 15 is 0 Å². The molecule has 0 aliphatic carbocycles. The van der Waals surface area contributed by atoms with E-state index in [2.05, 4.69) is 97.9 Å². The minimum Gasteiger partial charge on any atom is -1.00 e. The lowest BCUT2D eigenvalue weighted by molar-refractivity contribution is -0.00000696. The van der Waals surface area contributed by atoms with Crippen molar-refractivity contribution in [3.05, 3.63) is 120 Å². The average molecular weight is 628 g/mol. The predicted octanol–water partition coefficient (Wildman–Crippen LogP) is 3.73. The molecule has 176 valence electrons. The number of thioether (sulfide) groups is 1. The molecule has 1 aromatic heterocycles. The Kier molecular flexibility index (Phi) is 8.72. The van der Waals surface area contributed by atoms with Crippen LogP contribution in [0.4, 0.5) is 0 Å². The molecule has 0 saturated carbocycles. The maximum absolute atomic E-state index is 6.56. The predicted molar refractivity (Wildman–Crippen MR) is 148 cm³/mol. The van der Waals surface area contributed by atoms with Crippen molar-refractivity contribution < 1.29 is 28.4 Å². The first-order valence-electron chi connectivity index (χ1n) is 11.2. The normalized spacial score (nSPS) is 11.1. The fourth-order valence-electron chi connectivity index (χ4n) is 4.25. The van der Waals surface area contributed by atoms with E-state index in [4.69, 9.17) is 21.0 Å². The molecule has 0 spiro atoms. The van der Waals surface area contributed by atoms with Gasteiger partial charge in [-0.25, -0.2) is 0 Å². The zero-order valence-corrected chi connectivity index (χ0v) is 23.8. The highest BCUT2D eigenvalue weighted by Crippen LogP contribution is 2.56. The molecule has 0 unspecified atom stereocenters. The summed E-state index contributed by atoms with van der Waals surface area (Å²) in [6, 6.07) is 39.9. The highest BCUT2D eigenvalue weighted by molar-refractivity contribution is 8.04. The molecule has 35 heavy (non-hydrogen) atoms. The fourth-order valence-corrected chi connectivity index (χ4v) is 9.70. The quantitative estimate of drug-likeness (QED) is 0.156. The Labute approximate surface area is 233 Å². The van der Waals surface area contributed by atoms with Crippen LogP contribution in [-0.4, -0.2) is 10.7 Å². The van der Waals surface area contributed by atoms with Gasteiger partial charge >= 0.3 is 0 Å². The van der Waals surface area contributed by atoms with Gasteiger partial charge < -0.3 is 28.4 Å². The van der Waals surface area contributed by atoms with E-state index in [1.54, 1.807) is 11.8 Å². The van der Waals surface area contributed by atoms with E-state index in [0.717, 1.165) is 21.8 Å². The van der Waals surface area contributed by atoms with Crippen LogP contribution in [0.15, 0.2) is 125 Å². The van der Waals surface area contributed by atoms with E-state index in [9.17, 15) is 0 Å². The van der Waals surface area contributed by atoms with Crippen LogP contribution in [0, 0.1) is 0 Å². The largest absolute Gasteiger partial charge is 1.00 e. The molecule has 5 aromatic rings. The van der Waals surface area contributed by atoms with Crippen molar-refractivity contribution in [3.8, 4) is 11.5 Å². The van der Waals surface area contributed by atoms with Crippen LogP contribution in [-0.2, 0) is 0 Å². The Morgan fingerprint density at radius 1 is 0.714 bits per heavy atom. The molecule has 4 aromatic carbocycles. The standard InChI is InChI=1S/C29H24ClNOPS.HI/c1-2-34-29-28(31-27(32-29)25-20-12-13-21-26(25)30)33(22-14-6-3-7-15-22,23-16-8-4-9-17-23)24-18-10-5-11-19-24;/h3-21H,2H2,1H3;1H/q+1;/p-1. The molecule has 6 heteroatoms. The maximum atomic E-state index is 6.56. The lowest BCUT2D eigenvalue weighted by Gasteiger charge is -2.25. The van der Waals surface area contributed by atoms with Crippen LogP contribution < -0.4 is 45.3 Å². The molecule has 0 bridgehead atoms. The molecule has 0 N–H and O–H groups in total. The first-order valence-corrected chi connectivity index (χ1v) is 14.4. The second-order valence-electron chi connectivity index (χ2n) is 7.72. The number of hydrogen-bond donors (Lipinski definition) is 0. The van der Waals surface area contributed by atoms with E-state index in [-0.39, 0.29) is 24.0 Å². The molecule has 1 heterocycles. The van der Waals surface area contributed by atoms with Gasteiger partial charge in [-0.15, -0.1) is 0 Å². The third-order valence-corrected chi connectivity index (χ3v) is 11.2. The van der Waals surface area contributed by atoms with E-state index in [1.807, 2.05) is 24.3 Å². The SMILES string of the molecule is CCSc1oc(-c2ccccc2Cl)nc1[P+](c1ccccc1)(c1ccccc1)c1ccccc1.[I-]. The van der Waals surface area contributed by atoms with Crippen LogP contribution in [0.2, 0.25) is 5.02 Å². The Hall–Kier alpha value is -2.11. The summed E-state index contributed by atoms with van der Waals surface area (Å²) in [6.45, 7) is 2.14. The van der Waals surface area contributed by atoms with Gasteiger partial charge in [0.1, 0.15) is 15.9 Å². The molecule has 0 fully saturated rings. The van der Waals surface area contributed by atoms with Gasteiger partial charge in [-0.2, -0.15) is 4.98 Å². The first kappa shape index (κ1) is 26.0. The molecule has 0 amide bonds. The third kappa shape index (κ3) is 4.95. The van der Waals surface area contributed by atoms with E-state index in [1.165, 1.54) is 15.9 Å². The number of nitrogens with zero attached hydrogens (tertiary/aromatic N) is 1. The zero-order chi connectivity index (χ0) is 23.4. The Morgan fingerprint density at radius 3 is 1.63 bits per heavy atom. The lowest BCUT2D eigenvalue weighted by atomic mass is 10.2. The molecule has 2 nitrogen and oxygen atoms in total. The summed E-state index contributed by atoms with van der Waals surface area (Å²) in [4.78, 5) is 5.24. The highest BCUT2D eigenvalue weighted by atomic mass is 127. The van der Waals surface area contributed by atoms with Crippen LogP contribution in [0.5, 0.6) is 0 Å². The summed E-state index contributed by atoms with van der Waals surface area (Å²) >= 11 is 8.25. The van der Waals surface area contributed by atoms with Crippen LogP contribution >= 0.6 is 30.6 Å². The van der Waals surface area contributed by atoms with Crippen molar-refractivity contribution in [1.29, 1.82) is 0 Å². The second-order valence-corrected chi connectivity index (χ2v) is 12.7. The number of hydrogen-bond acceptors (Lipinski definition) is 3. The maximum Gasteiger partial charge on any atom is 0.251 e. The summed E-state index contributed by atoms with van der Waals surface area (Å²) in [5.41, 5.74) is 1.79. The summed E-state index contributed by atoms with van der Waals surface area (Å²) in [7, 11) is -2.36. The summed E-state index contributed by atoms with van der Waals surface area (Å²) in [5, 5.41) is 5.20. The third-order valence-electron chi connectivity index (χ3n) is 5.71. The second kappa shape index (κ2) is 11.7. The number of oxazole rings is 1. The van der Waals surface area contributed by atoms with Gasteiger partial charge in [0.25, 0.3) is 5.44 Å². The van der Waals surface area contributed by atoms with Gasteiger partial charge in [-0.1, -0.05) is 97.0 Å². The number of benzene rings is 4. The van der Waals surface area contributed by atoms with E-state index in [0.29, 0.717) is 10.9 Å². The van der Waals surface area contributed by atoms with Crippen molar-refractivity contribution in [3.63, 3.8) is 0 Å². The summed E-state index contributed by atoms with van der Waals surface area (Å²) < 4.78 is 6.49. The molecular formula is C29H24ClINOPS. The van der Waals surface area contributed by atoms with Crippen molar-refractivity contribution in [2.75, 3.05) is 5.75 Å². The first-order chi connectivity index (χ1) is 16.7. The number of rotatable bonds is 7. The van der Waals surface area contributed by atoms with E-state index < -0.39 is 7.26 Å². The molecule has 0 saturated heterocycles. The summed E-state index contributed by atoms with van der Waals surface area (Å²) in [6.07, 6.45) is 0. The Balaban J connectivity index is 0.00000289. The zero-order valence-electron chi connectivity index (χ0n) is 19.1. The monoisotopic (exact) mass is 627 g/mol. The smallest absolute Gasteiger partial charge is 0.251 e. The van der Waals surface area contributed by atoms with Crippen LogP contribution in [0.1, 0.15) is 6.92 Å². The average Bonchev–Trinajstić information content (AvgIpc) is 3.31. The van der Waals surface area contributed by atoms with Crippen LogP contribution in [0.3, 0.4) is 0 Å². The Bertz CT molecular complexity index is 1280. The van der Waals surface area contributed by atoms with Crippen molar-refractivity contribution in [2.45, 2.75) is 12.0 Å². The molecule has 5 rings (SSSR count). The van der Waals surface area contributed by atoms with Crippen molar-refractivity contribution >= 4 is 52.0 Å². The van der Waals surface area contributed by atoms with Crippen LogP contribution in [0.25, 0.3) is 11.5 Å². The van der Waals surface area contributed by atoms with Crippen molar-refractivity contribution in [2.24, 2.45) is 0 Å². The lowest BCUT2D eigenvalue weighted by Crippen LogP contribution is -3.00. The minimum atomic E-state index is -2.36. The molecule has 0 radical (unpaired) electrons. The minimum absolute atomic E-state index is 0. The highest BCUT2D eigenvalue weighted by Gasteiger charge is 2.52. The molecule has 0 aliphatic heterocycles. The fraction of sp³-hybridized carbons (Fsp3) is 0.0690. The van der Waals surface area contributed by atoms with Gasteiger partial charge in [0.05, 0.1) is 10.6 Å². The van der Waals surface area contributed by atoms with Gasteiger partial charge in [0.2, 0.25) is 11.0 Å². The molecule has 0 atom stereocenters. The topological polar surface area (TPSA) is 26.0 Å². The Morgan fingerprint density at radius 2 is 1.17 bits per heavy atom. The van der Waals surface area contributed by atoms with Gasteiger partial charge in [0.15, 0.2) is 7.26 Å². The molecular weight excluding hydrogens is 604 g/mol. The number of aromatic nitrogens is 1. The summed E-state index contributed by atoms with van der Waals surface area (Å²) in [5.74, 6) is 1.44.